The van der Waals surface area contributed by atoms with Crippen molar-refractivity contribution in [2.45, 2.75) is 13.5 Å². The number of pyridine rings is 1. The number of carbonyl (C=O) groups is 1. The maximum absolute atomic E-state index is 10.9. The Morgan fingerprint density at radius 2 is 2.15 bits per heavy atom. The smallest absolute Gasteiger partial charge is 0.175 e. The second kappa shape index (κ2) is 7.05. The van der Waals surface area contributed by atoms with Gasteiger partial charge in [-0.05, 0) is 47.1 Å². The zero-order chi connectivity index (χ0) is 14.4. The van der Waals surface area contributed by atoms with Crippen molar-refractivity contribution in [3.63, 3.8) is 0 Å². The van der Waals surface area contributed by atoms with Crippen molar-refractivity contribution in [3.05, 3.63) is 52.3 Å². The van der Waals surface area contributed by atoms with Crippen LogP contribution in [0.25, 0.3) is 0 Å². The summed E-state index contributed by atoms with van der Waals surface area (Å²) >= 11 is 3.40. The summed E-state index contributed by atoms with van der Waals surface area (Å²) in [6.45, 7) is 2.71. The van der Waals surface area contributed by atoms with Crippen LogP contribution in [-0.4, -0.2) is 17.9 Å². The molecule has 1 heterocycles. The van der Waals surface area contributed by atoms with Crippen LogP contribution >= 0.6 is 15.9 Å². The molecule has 5 heteroatoms. The van der Waals surface area contributed by atoms with E-state index in [1.165, 1.54) is 0 Å². The lowest BCUT2D eigenvalue weighted by atomic mass is 10.2. The average molecular weight is 336 g/mol. The molecule has 0 unspecified atom stereocenters. The van der Waals surface area contributed by atoms with E-state index in [9.17, 15) is 4.79 Å². The number of hydrogen-bond donors (Lipinski definition) is 0. The molecule has 0 atom stereocenters. The van der Waals surface area contributed by atoms with Gasteiger partial charge in [-0.25, -0.2) is 0 Å². The summed E-state index contributed by atoms with van der Waals surface area (Å²) in [6.07, 6.45) is 2.49. The predicted molar refractivity (Wildman–Crippen MR) is 79.3 cm³/mol. The van der Waals surface area contributed by atoms with E-state index in [4.69, 9.17) is 9.47 Å². The molecule has 0 radical (unpaired) electrons. The maximum Gasteiger partial charge on any atom is 0.175 e. The predicted octanol–water partition coefficient (Wildman–Crippen LogP) is 3.63. The van der Waals surface area contributed by atoms with Crippen LogP contribution < -0.4 is 9.47 Å². The summed E-state index contributed by atoms with van der Waals surface area (Å²) in [6, 6.07) is 9.00. The van der Waals surface area contributed by atoms with Gasteiger partial charge >= 0.3 is 0 Å². The molecular weight excluding hydrogens is 322 g/mol. The molecule has 0 aliphatic heterocycles. The number of halogens is 1. The Bertz CT molecular complexity index is 587. The average Bonchev–Trinajstić information content (AvgIpc) is 2.47. The van der Waals surface area contributed by atoms with E-state index >= 15 is 0 Å². The van der Waals surface area contributed by atoms with Crippen molar-refractivity contribution in [3.8, 4) is 11.5 Å². The highest BCUT2D eigenvalue weighted by atomic mass is 79.9. The highest BCUT2D eigenvalue weighted by molar-refractivity contribution is 9.10. The number of hydrogen-bond acceptors (Lipinski definition) is 4. The molecule has 0 saturated heterocycles. The van der Waals surface area contributed by atoms with Gasteiger partial charge in [-0.15, -0.1) is 0 Å². The van der Waals surface area contributed by atoms with Gasteiger partial charge in [-0.3, -0.25) is 9.78 Å². The van der Waals surface area contributed by atoms with Crippen LogP contribution in [0.3, 0.4) is 0 Å². The minimum absolute atomic E-state index is 0.333. The molecule has 20 heavy (non-hydrogen) atoms. The first kappa shape index (κ1) is 14.5. The zero-order valence-electron chi connectivity index (χ0n) is 11.0. The molecule has 0 bridgehead atoms. The molecule has 0 aliphatic carbocycles. The van der Waals surface area contributed by atoms with Crippen LogP contribution in [0.4, 0.5) is 0 Å². The van der Waals surface area contributed by atoms with Gasteiger partial charge in [0.2, 0.25) is 0 Å². The van der Waals surface area contributed by atoms with Gasteiger partial charge in [0.05, 0.1) is 16.8 Å². The second-order valence-electron chi connectivity index (χ2n) is 3.99. The van der Waals surface area contributed by atoms with Crippen LogP contribution in [0, 0.1) is 0 Å². The molecule has 0 amide bonds. The van der Waals surface area contributed by atoms with Crippen molar-refractivity contribution in [1.82, 2.24) is 4.98 Å². The number of carbonyl (C=O) groups excluding carboxylic acids is 1. The Morgan fingerprint density at radius 1 is 1.30 bits per heavy atom. The van der Waals surface area contributed by atoms with Crippen LogP contribution in [0.5, 0.6) is 11.5 Å². The number of aldehydes is 1. The fourth-order valence-corrected chi connectivity index (χ4v) is 2.26. The Labute approximate surface area is 125 Å². The normalized spacial score (nSPS) is 10.1. The number of nitrogens with zero attached hydrogens (tertiary/aromatic N) is 1. The first-order valence-electron chi connectivity index (χ1n) is 6.18. The lowest BCUT2D eigenvalue weighted by Gasteiger charge is -2.14. The standard InChI is InChI=1S/C15H14BrNO3/c1-2-19-14-8-11(9-18)7-13(16)15(14)20-10-12-5-3-4-6-17-12/h3-9H,2,10H2,1H3. The van der Waals surface area contributed by atoms with Gasteiger partial charge in [0.15, 0.2) is 11.5 Å². The van der Waals surface area contributed by atoms with Gasteiger partial charge < -0.3 is 9.47 Å². The Morgan fingerprint density at radius 3 is 2.80 bits per heavy atom. The quantitative estimate of drug-likeness (QED) is 0.756. The summed E-state index contributed by atoms with van der Waals surface area (Å²) in [5, 5.41) is 0. The third-order valence-corrected chi connectivity index (χ3v) is 3.15. The number of ether oxygens (including phenoxy) is 2. The van der Waals surface area contributed by atoms with Crippen molar-refractivity contribution in [2.24, 2.45) is 0 Å². The minimum atomic E-state index is 0.333. The fraction of sp³-hybridized carbons (Fsp3) is 0.200. The highest BCUT2D eigenvalue weighted by Crippen LogP contribution is 2.37. The van der Waals surface area contributed by atoms with Crippen molar-refractivity contribution >= 4 is 22.2 Å². The molecule has 2 aromatic rings. The van der Waals surface area contributed by atoms with Crippen LogP contribution in [0.1, 0.15) is 23.0 Å². The lowest BCUT2D eigenvalue weighted by molar-refractivity contribution is 0.112. The van der Waals surface area contributed by atoms with Crippen LogP contribution in [-0.2, 0) is 6.61 Å². The minimum Gasteiger partial charge on any atom is -0.490 e. The molecule has 1 aromatic heterocycles. The molecule has 2 rings (SSSR count). The summed E-state index contributed by atoms with van der Waals surface area (Å²) in [5.41, 5.74) is 1.35. The monoisotopic (exact) mass is 335 g/mol. The zero-order valence-corrected chi connectivity index (χ0v) is 12.6. The largest absolute Gasteiger partial charge is 0.490 e. The van der Waals surface area contributed by atoms with Gasteiger partial charge in [0.25, 0.3) is 0 Å². The SMILES string of the molecule is CCOc1cc(C=O)cc(Br)c1OCc1ccccn1. The van der Waals surface area contributed by atoms with Gasteiger partial charge in [-0.2, -0.15) is 0 Å². The molecule has 0 saturated carbocycles. The van der Waals surface area contributed by atoms with Crippen molar-refractivity contribution in [2.75, 3.05) is 6.61 Å². The van der Waals surface area contributed by atoms with E-state index in [1.54, 1.807) is 18.3 Å². The van der Waals surface area contributed by atoms with Crippen molar-refractivity contribution in [1.29, 1.82) is 0 Å². The Balaban J connectivity index is 2.23. The summed E-state index contributed by atoms with van der Waals surface area (Å²) in [5.74, 6) is 1.11. The van der Waals surface area contributed by atoms with E-state index < -0.39 is 0 Å². The lowest BCUT2D eigenvalue weighted by Crippen LogP contribution is -2.02. The molecule has 4 nitrogen and oxygen atoms in total. The van der Waals surface area contributed by atoms with Gasteiger partial charge in [-0.1, -0.05) is 6.07 Å². The third kappa shape index (κ3) is 3.57. The van der Waals surface area contributed by atoms with Gasteiger partial charge in [0, 0.05) is 11.8 Å². The van der Waals surface area contributed by atoms with E-state index in [2.05, 4.69) is 20.9 Å². The second-order valence-corrected chi connectivity index (χ2v) is 4.84. The Hall–Kier alpha value is -1.88. The highest BCUT2D eigenvalue weighted by Gasteiger charge is 2.12. The number of aromatic nitrogens is 1. The van der Waals surface area contributed by atoms with E-state index in [0.29, 0.717) is 34.7 Å². The van der Waals surface area contributed by atoms with E-state index in [-0.39, 0.29) is 0 Å². The van der Waals surface area contributed by atoms with Crippen LogP contribution in [0.15, 0.2) is 41.0 Å². The van der Waals surface area contributed by atoms with E-state index in [0.717, 1.165) is 12.0 Å². The molecule has 1 aromatic carbocycles. The van der Waals surface area contributed by atoms with E-state index in [1.807, 2.05) is 25.1 Å². The topological polar surface area (TPSA) is 48.4 Å². The summed E-state index contributed by atoms with van der Waals surface area (Å²) < 4.78 is 12.0. The van der Waals surface area contributed by atoms with Crippen molar-refractivity contribution < 1.29 is 14.3 Å². The Kier molecular flexibility index (Phi) is 5.12. The first-order chi connectivity index (χ1) is 9.74. The van der Waals surface area contributed by atoms with Gasteiger partial charge in [0.1, 0.15) is 12.9 Å². The number of benzene rings is 1. The molecule has 104 valence electrons. The fourth-order valence-electron chi connectivity index (χ4n) is 1.69. The molecule has 0 spiro atoms. The summed E-state index contributed by atoms with van der Waals surface area (Å²) in [4.78, 5) is 15.1. The molecule has 0 fully saturated rings. The maximum atomic E-state index is 10.9. The summed E-state index contributed by atoms with van der Waals surface area (Å²) in [7, 11) is 0. The molecule has 0 aliphatic rings. The molecular formula is C15H14BrNO3. The first-order valence-corrected chi connectivity index (χ1v) is 6.98. The third-order valence-electron chi connectivity index (χ3n) is 2.56. The van der Waals surface area contributed by atoms with Crippen LogP contribution in [0.2, 0.25) is 0 Å². The number of rotatable bonds is 6. The molecule has 0 N–H and O–H groups in total.